The Labute approximate surface area is 133 Å². The van der Waals surface area contributed by atoms with Crippen molar-refractivity contribution in [3.8, 4) is 5.69 Å². The summed E-state index contributed by atoms with van der Waals surface area (Å²) < 4.78 is 28.9. The van der Waals surface area contributed by atoms with Gasteiger partial charge in [-0.2, -0.15) is 0 Å². The molecule has 116 valence electrons. The van der Waals surface area contributed by atoms with E-state index in [1.165, 1.54) is 29.8 Å². The fourth-order valence-corrected chi connectivity index (χ4v) is 3.14. The largest absolute Gasteiger partial charge is 0.316 e. The maximum atomic E-state index is 13.7. The van der Waals surface area contributed by atoms with Crippen LogP contribution in [0.3, 0.4) is 0 Å². The molecule has 23 heavy (non-hydrogen) atoms. The van der Waals surface area contributed by atoms with Crippen molar-refractivity contribution in [2.24, 2.45) is 0 Å². The second-order valence-corrected chi connectivity index (χ2v) is 5.73. The minimum Gasteiger partial charge on any atom is -0.316 e. The number of aromatic nitrogens is 1. The number of benzene rings is 2. The van der Waals surface area contributed by atoms with Crippen molar-refractivity contribution < 1.29 is 8.78 Å². The van der Waals surface area contributed by atoms with Crippen LogP contribution in [0.2, 0.25) is 0 Å². The maximum Gasteiger partial charge on any atom is 0.125 e. The Morgan fingerprint density at radius 3 is 2.48 bits per heavy atom. The Morgan fingerprint density at radius 2 is 1.74 bits per heavy atom. The first-order valence-electron chi connectivity index (χ1n) is 7.69. The van der Waals surface area contributed by atoms with Gasteiger partial charge in [0, 0.05) is 29.4 Å². The summed E-state index contributed by atoms with van der Waals surface area (Å²) in [7, 11) is 0. The first-order valence-corrected chi connectivity index (χ1v) is 7.69. The fourth-order valence-electron chi connectivity index (χ4n) is 3.14. The van der Waals surface area contributed by atoms with Crippen molar-refractivity contribution in [3.63, 3.8) is 0 Å². The molecule has 2 nitrogen and oxygen atoms in total. The summed E-state index contributed by atoms with van der Waals surface area (Å²) in [6, 6.07) is 11.1. The second kappa shape index (κ2) is 5.63. The normalized spacial score (nSPS) is 15.0. The van der Waals surface area contributed by atoms with Crippen molar-refractivity contribution in [1.82, 2.24) is 9.88 Å². The van der Waals surface area contributed by atoms with Gasteiger partial charge in [0.25, 0.3) is 0 Å². The lowest BCUT2D eigenvalue weighted by Crippen LogP contribution is -2.19. The Bertz CT molecular complexity index is 892. The van der Waals surface area contributed by atoms with Gasteiger partial charge in [-0.3, -0.25) is 0 Å². The van der Waals surface area contributed by atoms with Gasteiger partial charge < -0.3 is 9.88 Å². The summed E-state index contributed by atoms with van der Waals surface area (Å²) in [6.07, 6.45) is 5.14. The smallest absolute Gasteiger partial charge is 0.125 e. The van der Waals surface area contributed by atoms with E-state index in [4.69, 9.17) is 0 Å². The highest BCUT2D eigenvalue weighted by molar-refractivity contribution is 5.94. The van der Waals surface area contributed by atoms with Crippen LogP contribution < -0.4 is 5.32 Å². The number of nitrogens with one attached hydrogen (secondary N) is 1. The van der Waals surface area contributed by atoms with Crippen LogP contribution in [-0.4, -0.2) is 17.7 Å². The van der Waals surface area contributed by atoms with Crippen LogP contribution in [0.4, 0.5) is 8.78 Å². The molecule has 0 atom stereocenters. The number of rotatable bonds is 2. The van der Waals surface area contributed by atoms with E-state index in [1.807, 2.05) is 16.8 Å². The minimum atomic E-state index is -0.280. The monoisotopic (exact) mass is 310 g/mol. The molecule has 0 bridgehead atoms. The molecule has 0 fully saturated rings. The van der Waals surface area contributed by atoms with Gasteiger partial charge in [-0.15, -0.1) is 0 Å². The van der Waals surface area contributed by atoms with E-state index in [-0.39, 0.29) is 11.6 Å². The summed E-state index contributed by atoms with van der Waals surface area (Å²) in [6.45, 7) is 1.79. The average Bonchev–Trinajstić information content (AvgIpc) is 2.95. The lowest BCUT2D eigenvalue weighted by molar-refractivity contribution is 0.627. The van der Waals surface area contributed by atoms with Gasteiger partial charge >= 0.3 is 0 Å². The van der Waals surface area contributed by atoms with Crippen molar-refractivity contribution in [3.05, 3.63) is 71.9 Å². The third-order valence-corrected chi connectivity index (χ3v) is 4.28. The van der Waals surface area contributed by atoms with Crippen molar-refractivity contribution in [2.75, 3.05) is 13.1 Å². The number of halogens is 2. The van der Waals surface area contributed by atoms with E-state index >= 15 is 0 Å². The molecule has 0 spiro atoms. The highest BCUT2D eigenvalue weighted by Gasteiger charge is 2.15. The predicted molar refractivity (Wildman–Crippen MR) is 88.7 cm³/mol. The molecule has 2 heterocycles. The molecular weight excluding hydrogens is 294 g/mol. The number of fused-ring (bicyclic) bond motifs is 1. The molecule has 1 aliphatic heterocycles. The lowest BCUT2D eigenvalue weighted by atomic mass is 10.00. The van der Waals surface area contributed by atoms with Gasteiger partial charge in [0.05, 0.1) is 5.52 Å². The average molecular weight is 310 g/mol. The van der Waals surface area contributed by atoms with E-state index < -0.39 is 0 Å². The Kier molecular flexibility index (Phi) is 3.46. The van der Waals surface area contributed by atoms with Crippen LogP contribution >= 0.6 is 0 Å². The molecule has 4 rings (SSSR count). The zero-order valence-electron chi connectivity index (χ0n) is 12.5. The van der Waals surface area contributed by atoms with E-state index in [1.54, 1.807) is 12.1 Å². The third-order valence-electron chi connectivity index (χ3n) is 4.28. The topological polar surface area (TPSA) is 17.0 Å². The zero-order valence-corrected chi connectivity index (χ0v) is 12.5. The van der Waals surface area contributed by atoms with E-state index in [2.05, 4.69) is 11.4 Å². The molecule has 0 saturated heterocycles. The van der Waals surface area contributed by atoms with Crippen LogP contribution in [-0.2, 0) is 0 Å². The molecule has 3 aromatic rings. The molecule has 1 N–H and O–H groups in total. The quantitative estimate of drug-likeness (QED) is 0.747. The van der Waals surface area contributed by atoms with Crippen LogP contribution in [0.1, 0.15) is 12.0 Å². The summed E-state index contributed by atoms with van der Waals surface area (Å²) in [4.78, 5) is 0. The maximum absolute atomic E-state index is 13.7. The Balaban J connectivity index is 1.95. The predicted octanol–water partition coefficient (Wildman–Crippen LogP) is 4.29. The summed E-state index contributed by atoms with van der Waals surface area (Å²) in [5.41, 5.74) is 4.00. The SMILES string of the molecule is Fc1ccc(-n2cc(C3=CCNCC3)c3ccc(F)cc32)cc1. The molecule has 0 aliphatic carbocycles. The van der Waals surface area contributed by atoms with E-state index in [9.17, 15) is 8.78 Å². The number of hydrogen-bond acceptors (Lipinski definition) is 1. The van der Waals surface area contributed by atoms with E-state index in [0.29, 0.717) is 0 Å². The number of hydrogen-bond donors (Lipinski definition) is 1. The van der Waals surface area contributed by atoms with Gasteiger partial charge in [0.15, 0.2) is 0 Å². The van der Waals surface area contributed by atoms with Gasteiger partial charge in [-0.05, 0) is 61.0 Å². The molecule has 0 saturated carbocycles. The molecule has 2 aromatic carbocycles. The highest BCUT2D eigenvalue weighted by atomic mass is 19.1. The molecule has 4 heteroatoms. The molecule has 1 aliphatic rings. The Morgan fingerprint density at radius 1 is 0.957 bits per heavy atom. The van der Waals surface area contributed by atoms with Crippen LogP contribution in [0.5, 0.6) is 0 Å². The summed E-state index contributed by atoms with van der Waals surface area (Å²) in [5, 5.41) is 4.32. The van der Waals surface area contributed by atoms with Gasteiger partial charge in [0.2, 0.25) is 0 Å². The van der Waals surface area contributed by atoms with E-state index in [0.717, 1.165) is 41.7 Å². The molecule has 0 radical (unpaired) electrons. The molecular formula is C19H16F2N2. The van der Waals surface area contributed by atoms with Crippen molar-refractivity contribution in [2.45, 2.75) is 6.42 Å². The first kappa shape index (κ1) is 14.2. The van der Waals surface area contributed by atoms with Crippen LogP contribution in [0, 0.1) is 11.6 Å². The van der Waals surface area contributed by atoms with Gasteiger partial charge in [-0.25, -0.2) is 8.78 Å². The summed E-state index contributed by atoms with van der Waals surface area (Å²) >= 11 is 0. The molecule has 1 aromatic heterocycles. The molecule has 0 amide bonds. The first-order chi connectivity index (χ1) is 11.2. The third kappa shape index (κ3) is 2.55. The van der Waals surface area contributed by atoms with Crippen LogP contribution in [0.15, 0.2) is 54.7 Å². The standard InChI is InChI=1S/C19H16F2N2/c20-14-1-4-16(5-2-14)23-12-18(13-7-9-22-10-8-13)17-6-3-15(21)11-19(17)23/h1-7,11-12,22H,8-10H2. The van der Waals surface area contributed by atoms with Gasteiger partial charge in [0.1, 0.15) is 11.6 Å². The summed E-state index contributed by atoms with van der Waals surface area (Å²) in [5.74, 6) is -0.553. The Hall–Kier alpha value is -2.46. The lowest BCUT2D eigenvalue weighted by Gasteiger charge is -2.13. The fraction of sp³-hybridized carbons (Fsp3) is 0.158. The highest BCUT2D eigenvalue weighted by Crippen LogP contribution is 2.32. The zero-order chi connectivity index (χ0) is 15.8. The van der Waals surface area contributed by atoms with Crippen molar-refractivity contribution >= 4 is 16.5 Å². The second-order valence-electron chi connectivity index (χ2n) is 5.73. The molecule has 0 unspecified atom stereocenters. The van der Waals surface area contributed by atoms with Gasteiger partial charge in [-0.1, -0.05) is 6.08 Å². The van der Waals surface area contributed by atoms with Crippen molar-refractivity contribution in [1.29, 1.82) is 0 Å². The van der Waals surface area contributed by atoms with Crippen LogP contribution in [0.25, 0.3) is 22.2 Å². The number of nitrogens with zero attached hydrogens (tertiary/aromatic N) is 1. The minimum absolute atomic E-state index is 0.273.